The topological polar surface area (TPSA) is 57.6 Å². The summed E-state index contributed by atoms with van der Waals surface area (Å²) >= 11 is 0. The molecule has 2 amide bonds. The molecular weight excluding hydrogens is 275 g/mol. The molecule has 1 unspecified atom stereocenters. The van der Waals surface area contributed by atoms with E-state index in [-0.39, 0.29) is 10.5 Å². The molecule has 1 fully saturated rings. The van der Waals surface area contributed by atoms with Crippen molar-refractivity contribution in [2.45, 2.75) is 31.2 Å². The monoisotopic (exact) mass is 287 g/mol. The van der Waals surface area contributed by atoms with Crippen molar-refractivity contribution in [2.75, 3.05) is 0 Å². The van der Waals surface area contributed by atoms with Crippen molar-refractivity contribution >= 4 is 12.0 Å². The molecule has 1 aliphatic heterocycles. The molecule has 0 saturated carbocycles. The molecule has 0 aliphatic carbocycles. The number of amides is 2. The third-order valence-corrected chi connectivity index (χ3v) is 3.59. The van der Waals surface area contributed by atoms with E-state index in [2.05, 4.69) is 0 Å². The normalized spacial score (nSPS) is 30.4. The lowest BCUT2D eigenvalue weighted by atomic mass is 9.79. The summed E-state index contributed by atoms with van der Waals surface area (Å²) < 4.78 is 41.5. The molecule has 20 heavy (non-hydrogen) atoms. The summed E-state index contributed by atoms with van der Waals surface area (Å²) in [6.07, 6.45) is -6.90. The Balaban J connectivity index is 2.63. The molecule has 108 valence electrons. The molecule has 0 radical (unpaired) electrons. The molecule has 1 aromatic carbocycles. The summed E-state index contributed by atoms with van der Waals surface area (Å²) in [6, 6.07) is 4.95. The van der Waals surface area contributed by atoms with E-state index in [1.54, 1.807) is 0 Å². The predicted octanol–water partition coefficient (Wildman–Crippen LogP) is 2.63. The standard InChI is InChI=1S/C13H12F3NO3/c1-13(7-4-2-3-5-8(7)14)10(16)6-9(15)11(18)17(13)12(19)20/h2-5,9-10H,6H2,1H3,(H,19,20)/t9?,10-,13-/m1/s1. The average Bonchev–Trinajstić information content (AvgIpc) is 2.36. The Hall–Kier alpha value is -2.05. The first-order valence-electron chi connectivity index (χ1n) is 5.90. The van der Waals surface area contributed by atoms with Crippen molar-refractivity contribution in [3.05, 3.63) is 35.6 Å². The summed E-state index contributed by atoms with van der Waals surface area (Å²) in [5.74, 6) is -2.23. The van der Waals surface area contributed by atoms with Crippen LogP contribution in [0.15, 0.2) is 24.3 Å². The highest BCUT2D eigenvalue weighted by molar-refractivity contribution is 5.95. The SMILES string of the molecule is C[C@@]1(c2ccccc2F)[C@H](F)CC(F)C(=O)N1C(=O)O. The fourth-order valence-corrected chi connectivity index (χ4v) is 2.47. The van der Waals surface area contributed by atoms with Crippen LogP contribution in [0.4, 0.5) is 18.0 Å². The van der Waals surface area contributed by atoms with Crippen molar-refractivity contribution in [3.8, 4) is 0 Å². The molecule has 1 heterocycles. The summed E-state index contributed by atoms with van der Waals surface area (Å²) in [5.41, 5.74) is -2.38. The van der Waals surface area contributed by atoms with Gasteiger partial charge in [0.05, 0.1) is 0 Å². The molecular formula is C13H12F3NO3. The van der Waals surface area contributed by atoms with Crippen LogP contribution in [0.3, 0.4) is 0 Å². The van der Waals surface area contributed by atoms with Crippen molar-refractivity contribution in [3.63, 3.8) is 0 Å². The Kier molecular flexibility index (Phi) is 3.45. The van der Waals surface area contributed by atoms with E-state index in [0.29, 0.717) is 0 Å². The van der Waals surface area contributed by atoms with E-state index in [1.165, 1.54) is 18.2 Å². The van der Waals surface area contributed by atoms with Gasteiger partial charge in [0.15, 0.2) is 6.17 Å². The molecule has 1 aromatic rings. The summed E-state index contributed by atoms with van der Waals surface area (Å²) in [7, 11) is 0. The highest BCUT2D eigenvalue weighted by Crippen LogP contribution is 2.41. The van der Waals surface area contributed by atoms with E-state index >= 15 is 0 Å². The summed E-state index contributed by atoms with van der Waals surface area (Å²) in [4.78, 5) is 22.9. The van der Waals surface area contributed by atoms with Gasteiger partial charge in [0, 0.05) is 12.0 Å². The van der Waals surface area contributed by atoms with Crippen LogP contribution in [-0.4, -0.2) is 34.4 Å². The second kappa shape index (κ2) is 4.81. The van der Waals surface area contributed by atoms with Crippen molar-refractivity contribution < 1.29 is 27.9 Å². The second-order valence-corrected chi connectivity index (χ2v) is 4.75. The number of piperidine rings is 1. The first-order valence-corrected chi connectivity index (χ1v) is 5.90. The van der Waals surface area contributed by atoms with Crippen LogP contribution >= 0.6 is 0 Å². The van der Waals surface area contributed by atoms with Crippen LogP contribution in [-0.2, 0) is 10.3 Å². The number of hydrogen-bond acceptors (Lipinski definition) is 2. The zero-order valence-electron chi connectivity index (χ0n) is 10.5. The number of nitrogens with zero attached hydrogens (tertiary/aromatic N) is 1. The minimum atomic E-state index is -2.25. The quantitative estimate of drug-likeness (QED) is 0.863. The van der Waals surface area contributed by atoms with Gasteiger partial charge in [0.2, 0.25) is 0 Å². The Labute approximate surface area is 112 Å². The van der Waals surface area contributed by atoms with Gasteiger partial charge in [0.1, 0.15) is 17.5 Å². The molecule has 1 saturated heterocycles. The molecule has 0 bridgehead atoms. The number of benzene rings is 1. The van der Waals surface area contributed by atoms with Crippen molar-refractivity contribution in [1.29, 1.82) is 0 Å². The number of carbonyl (C=O) groups is 2. The maximum Gasteiger partial charge on any atom is 0.415 e. The summed E-state index contributed by atoms with van der Waals surface area (Å²) in [6.45, 7) is 1.08. The zero-order valence-corrected chi connectivity index (χ0v) is 10.5. The first-order chi connectivity index (χ1) is 9.30. The number of carboxylic acid groups (broad SMARTS) is 1. The maximum atomic E-state index is 14.3. The molecule has 0 aromatic heterocycles. The predicted molar refractivity (Wildman–Crippen MR) is 63.0 cm³/mol. The molecule has 3 atom stereocenters. The zero-order chi connectivity index (χ0) is 15.1. The molecule has 0 spiro atoms. The minimum absolute atomic E-state index is 0.0459. The molecule has 7 heteroatoms. The highest BCUT2D eigenvalue weighted by atomic mass is 19.1. The van der Waals surface area contributed by atoms with Gasteiger partial charge in [0.25, 0.3) is 5.91 Å². The highest BCUT2D eigenvalue weighted by Gasteiger charge is 2.55. The Morgan fingerprint density at radius 3 is 2.55 bits per heavy atom. The van der Waals surface area contributed by atoms with Gasteiger partial charge in [-0.1, -0.05) is 18.2 Å². The van der Waals surface area contributed by atoms with Gasteiger partial charge in [-0.25, -0.2) is 22.9 Å². The Bertz CT molecular complexity index is 566. The number of rotatable bonds is 1. The Morgan fingerprint density at radius 2 is 2.00 bits per heavy atom. The second-order valence-electron chi connectivity index (χ2n) is 4.75. The van der Waals surface area contributed by atoms with E-state index in [4.69, 9.17) is 5.11 Å². The van der Waals surface area contributed by atoms with Gasteiger partial charge in [-0.3, -0.25) is 4.79 Å². The third kappa shape index (κ3) is 1.93. The maximum absolute atomic E-state index is 14.3. The van der Waals surface area contributed by atoms with E-state index < -0.39 is 42.1 Å². The van der Waals surface area contributed by atoms with E-state index in [0.717, 1.165) is 13.0 Å². The number of halogens is 3. The minimum Gasteiger partial charge on any atom is -0.465 e. The summed E-state index contributed by atoms with van der Waals surface area (Å²) in [5, 5.41) is 9.08. The fraction of sp³-hybridized carbons (Fsp3) is 0.385. The lowest BCUT2D eigenvalue weighted by Crippen LogP contribution is -2.62. The molecule has 1 aliphatic rings. The van der Waals surface area contributed by atoms with Crippen molar-refractivity contribution in [2.24, 2.45) is 0 Å². The largest absolute Gasteiger partial charge is 0.465 e. The van der Waals surface area contributed by atoms with Crippen LogP contribution in [0.25, 0.3) is 0 Å². The van der Waals surface area contributed by atoms with Gasteiger partial charge in [-0.15, -0.1) is 0 Å². The number of likely N-dealkylation sites (tertiary alicyclic amines) is 1. The fourth-order valence-electron chi connectivity index (χ4n) is 2.47. The van der Waals surface area contributed by atoms with Gasteiger partial charge in [-0.05, 0) is 13.0 Å². The van der Waals surface area contributed by atoms with Gasteiger partial charge < -0.3 is 5.11 Å². The number of imide groups is 1. The molecule has 2 rings (SSSR count). The first kappa shape index (κ1) is 14.4. The van der Waals surface area contributed by atoms with E-state index in [9.17, 15) is 22.8 Å². The molecule has 1 N–H and O–H groups in total. The average molecular weight is 287 g/mol. The smallest absolute Gasteiger partial charge is 0.415 e. The molecule has 4 nitrogen and oxygen atoms in total. The van der Waals surface area contributed by atoms with Crippen LogP contribution < -0.4 is 0 Å². The van der Waals surface area contributed by atoms with Gasteiger partial charge >= 0.3 is 6.09 Å². The number of hydrogen-bond donors (Lipinski definition) is 1. The lowest BCUT2D eigenvalue weighted by Gasteiger charge is -2.45. The Morgan fingerprint density at radius 1 is 1.40 bits per heavy atom. The van der Waals surface area contributed by atoms with Gasteiger partial charge in [-0.2, -0.15) is 0 Å². The van der Waals surface area contributed by atoms with Crippen molar-refractivity contribution in [1.82, 2.24) is 4.90 Å². The van der Waals surface area contributed by atoms with Crippen LogP contribution in [0, 0.1) is 5.82 Å². The number of alkyl halides is 2. The van der Waals surface area contributed by atoms with Crippen LogP contribution in [0.1, 0.15) is 18.9 Å². The van der Waals surface area contributed by atoms with Crippen LogP contribution in [0.2, 0.25) is 0 Å². The van der Waals surface area contributed by atoms with E-state index in [1.807, 2.05) is 0 Å². The third-order valence-electron chi connectivity index (χ3n) is 3.59. The number of carbonyl (C=O) groups excluding carboxylic acids is 1. The lowest BCUT2D eigenvalue weighted by molar-refractivity contribution is -0.151. The van der Waals surface area contributed by atoms with Crippen LogP contribution in [0.5, 0.6) is 0 Å².